The van der Waals surface area contributed by atoms with E-state index in [1.165, 1.54) is 0 Å². The number of carbonyl (C=O) groups is 2. The molecule has 1 fully saturated rings. The number of hydrogen-bond acceptors (Lipinski definition) is 2. The fourth-order valence-electron chi connectivity index (χ4n) is 2.79. The van der Waals surface area contributed by atoms with Gasteiger partial charge in [0.25, 0.3) is 11.8 Å². The number of rotatable bonds is 3. The van der Waals surface area contributed by atoms with E-state index in [2.05, 4.69) is 10.6 Å². The molecule has 0 aromatic heterocycles. The number of benzene rings is 2. The van der Waals surface area contributed by atoms with Gasteiger partial charge in [-0.05, 0) is 29.8 Å². The van der Waals surface area contributed by atoms with Crippen LogP contribution in [0, 0.1) is 0 Å². The van der Waals surface area contributed by atoms with Crippen molar-refractivity contribution in [2.24, 2.45) is 0 Å². The van der Waals surface area contributed by atoms with Gasteiger partial charge in [0.2, 0.25) is 0 Å². The van der Waals surface area contributed by atoms with Crippen LogP contribution in [0.15, 0.2) is 42.5 Å². The number of hydrogen-bond donors (Lipinski definition) is 3. The summed E-state index contributed by atoms with van der Waals surface area (Å²) in [6.07, 6.45) is 0. The van der Waals surface area contributed by atoms with E-state index in [0.717, 1.165) is 27.9 Å². The zero-order chi connectivity index (χ0) is 15.5. The van der Waals surface area contributed by atoms with Gasteiger partial charge in [-0.15, -0.1) is 0 Å². The van der Waals surface area contributed by atoms with Crippen LogP contribution in [0.4, 0.5) is 5.69 Å². The van der Waals surface area contributed by atoms with Gasteiger partial charge in [0.05, 0.1) is 13.1 Å². The molecule has 2 aromatic carbocycles. The fourth-order valence-corrected chi connectivity index (χ4v) is 2.79. The minimum absolute atomic E-state index is 0.00612. The molecule has 5 nitrogen and oxygen atoms in total. The zero-order valence-corrected chi connectivity index (χ0v) is 12.6. The van der Waals surface area contributed by atoms with Crippen molar-refractivity contribution in [3.63, 3.8) is 0 Å². The topological polar surface area (TPSA) is 62.6 Å². The molecule has 22 heavy (non-hydrogen) atoms. The van der Waals surface area contributed by atoms with Crippen molar-refractivity contribution in [2.75, 3.05) is 25.0 Å². The molecule has 0 radical (unpaired) electrons. The summed E-state index contributed by atoms with van der Waals surface area (Å²) < 4.78 is 0. The monoisotopic (exact) mass is 298 g/mol. The van der Waals surface area contributed by atoms with Gasteiger partial charge in [-0.3, -0.25) is 9.59 Å². The lowest BCUT2D eigenvalue weighted by atomic mass is 10.1. The molecular weight excluding hydrogens is 278 g/mol. The number of amides is 2. The van der Waals surface area contributed by atoms with Gasteiger partial charge in [0.15, 0.2) is 12.6 Å². The normalized spacial score (nSPS) is 19.5. The molecule has 5 heteroatoms. The lowest BCUT2D eigenvalue weighted by Gasteiger charge is -2.28. The number of carbonyl (C=O) groups excluding carboxylic acids is 2. The molecule has 1 aliphatic heterocycles. The smallest absolute Gasteiger partial charge is 0.282 e. The summed E-state index contributed by atoms with van der Waals surface area (Å²) >= 11 is 0. The van der Waals surface area contributed by atoms with Crippen molar-refractivity contribution in [1.82, 2.24) is 5.32 Å². The quantitative estimate of drug-likeness (QED) is 0.757. The molecule has 3 rings (SSSR count). The minimum Gasteiger partial charge on any atom is -0.346 e. The molecule has 2 atom stereocenters. The highest BCUT2D eigenvalue weighted by Gasteiger charge is 2.29. The maximum atomic E-state index is 12.4. The summed E-state index contributed by atoms with van der Waals surface area (Å²) in [5.41, 5.74) is 0.788. The minimum atomic E-state index is -0.252. The van der Waals surface area contributed by atoms with Crippen LogP contribution in [-0.4, -0.2) is 37.5 Å². The lowest BCUT2D eigenvalue weighted by Crippen LogP contribution is -3.19. The van der Waals surface area contributed by atoms with Crippen molar-refractivity contribution in [1.29, 1.82) is 0 Å². The summed E-state index contributed by atoms with van der Waals surface area (Å²) in [6, 6.07) is 13.7. The van der Waals surface area contributed by atoms with Crippen LogP contribution in [0.1, 0.15) is 6.92 Å². The van der Waals surface area contributed by atoms with Crippen molar-refractivity contribution in [2.45, 2.75) is 13.0 Å². The molecule has 0 saturated carbocycles. The van der Waals surface area contributed by atoms with E-state index in [4.69, 9.17) is 0 Å². The molecule has 2 aromatic rings. The van der Waals surface area contributed by atoms with Gasteiger partial charge in [0, 0.05) is 5.69 Å². The molecule has 0 aliphatic carbocycles. The predicted octanol–water partition coefficient (Wildman–Crippen LogP) is 0.182. The van der Waals surface area contributed by atoms with Crippen LogP contribution in [0.25, 0.3) is 10.8 Å². The van der Waals surface area contributed by atoms with Crippen LogP contribution in [0.5, 0.6) is 0 Å². The number of quaternary nitrogens is 1. The molecular formula is C17H20N3O2+. The molecule has 1 unspecified atom stereocenters. The molecule has 0 bridgehead atoms. The van der Waals surface area contributed by atoms with Crippen molar-refractivity contribution < 1.29 is 14.5 Å². The Morgan fingerprint density at radius 3 is 2.77 bits per heavy atom. The third kappa shape index (κ3) is 3.09. The highest BCUT2D eigenvalue weighted by atomic mass is 16.2. The van der Waals surface area contributed by atoms with Gasteiger partial charge in [-0.2, -0.15) is 0 Å². The van der Waals surface area contributed by atoms with Crippen LogP contribution < -0.4 is 15.5 Å². The van der Waals surface area contributed by atoms with Crippen LogP contribution in [-0.2, 0) is 9.59 Å². The van der Waals surface area contributed by atoms with Crippen molar-refractivity contribution in [3.05, 3.63) is 42.5 Å². The summed E-state index contributed by atoms with van der Waals surface area (Å²) in [5.74, 6) is -0.0495. The van der Waals surface area contributed by atoms with Crippen LogP contribution in [0.2, 0.25) is 0 Å². The molecule has 0 spiro atoms. The average molecular weight is 298 g/mol. The maximum Gasteiger partial charge on any atom is 0.282 e. The second-order valence-electron chi connectivity index (χ2n) is 5.71. The Balaban J connectivity index is 1.70. The highest BCUT2D eigenvalue weighted by molar-refractivity contribution is 5.96. The van der Waals surface area contributed by atoms with E-state index in [-0.39, 0.29) is 17.9 Å². The van der Waals surface area contributed by atoms with Gasteiger partial charge >= 0.3 is 0 Å². The summed E-state index contributed by atoms with van der Waals surface area (Å²) in [4.78, 5) is 24.8. The molecule has 2 amide bonds. The summed E-state index contributed by atoms with van der Waals surface area (Å²) in [6.45, 7) is 3.62. The molecule has 3 N–H and O–H groups in total. The van der Waals surface area contributed by atoms with E-state index in [1.807, 2.05) is 49.4 Å². The predicted molar refractivity (Wildman–Crippen MR) is 85.7 cm³/mol. The van der Waals surface area contributed by atoms with E-state index >= 15 is 0 Å². The first-order chi connectivity index (χ1) is 10.6. The SMILES string of the molecule is C[C@H](C(=O)Nc1ccc2ccccc2c1)[NH+]1CCNC(=O)C1. The van der Waals surface area contributed by atoms with Gasteiger partial charge in [0.1, 0.15) is 0 Å². The highest BCUT2D eigenvalue weighted by Crippen LogP contribution is 2.18. The van der Waals surface area contributed by atoms with Crippen LogP contribution in [0.3, 0.4) is 0 Å². The molecule has 1 heterocycles. The summed E-state index contributed by atoms with van der Waals surface area (Å²) in [5, 5.41) is 7.98. The second kappa shape index (κ2) is 6.15. The Kier molecular flexibility index (Phi) is 4.06. The van der Waals surface area contributed by atoms with E-state index in [1.54, 1.807) is 0 Å². The Bertz CT molecular complexity index is 714. The van der Waals surface area contributed by atoms with Gasteiger partial charge in [-0.1, -0.05) is 30.3 Å². The third-order valence-corrected chi connectivity index (χ3v) is 4.18. The fraction of sp³-hybridized carbons (Fsp3) is 0.294. The number of nitrogens with one attached hydrogen (secondary N) is 3. The first kappa shape index (κ1) is 14.5. The van der Waals surface area contributed by atoms with Gasteiger partial charge in [-0.25, -0.2) is 0 Å². The second-order valence-corrected chi connectivity index (χ2v) is 5.71. The third-order valence-electron chi connectivity index (χ3n) is 4.18. The zero-order valence-electron chi connectivity index (χ0n) is 12.6. The number of piperazine rings is 1. The Morgan fingerprint density at radius 2 is 2.00 bits per heavy atom. The Hall–Kier alpha value is -2.40. The molecule has 1 aliphatic rings. The average Bonchev–Trinajstić information content (AvgIpc) is 2.54. The lowest BCUT2D eigenvalue weighted by molar-refractivity contribution is -0.907. The van der Waals surface area contributed by atoms with E-state index < -0.39 is 0 Å². The van der Waals surface area contributed by atoms with Crippen molar-refractivity contribution >= 4 is 28.3 Å². The molecule has 1 saturated heterocycles. The van der Waals surface area contributed by atoms with E-state index in [9.17, 15) is 9.59 Å². The number of anilines is 1. The largest absolute Gasteiger partial charge is 0.346 e. The first-order valence-corrected chi connectivity index (χ1v) is 7.54. The standard InChI is InChI=1S/C17H19N3O2/c1-12(20-9-8-18-16(21)11-20)17(22)19-15-7-6-13-4-2-3-5-14(13)10-15/h2-7,10,12H,8-9,11H2,1H3,(H,18,21)(H,19,22)/p+1/t12-/m1/s1. The van der Waals surface area contributed by atoms with E-state index in [0.29, 0.717) is 13.1 Å². The first-order valence-electron chi connectivity index (χ1n) is 7.54. The summed E-state index contributed by atoms with van der Waals surface area (Å²) in [7, 11) is 0. The van der Waals surface area contributed by atoms with Crippen molar-refractivity contribution in [3.8, 4) is 0 Å². The molecule has 114 valence electrons. The van der Waals surface area contributed by atoms with Gasteiger partial charge < -0.3 is 15.5 Å². The maximum absolute atomic E-state index is 12.4. The Morgan fingerprint density at radius 1 is 1.23 bits per heavy atom. The van der Waals surface area contributed by atoms with Crippen LogP contribution >= 0.6 is 0 Å². The Labute approximate surface area is 129 Å². The number of fused-ring (bicyclic) bond motifs is 1.